The molecule has 286 valence electrons. The fourth-order valence-corrected chi connectivity index (χ4v) is 7.52. The highest BCUT2D eigenvalue weighted by Gasteiger charge is 2.26. The third kappa shape index (κ3) is 7.81. The number of hydrogen-bond acceptors (Lipinski definition) is 12. The highest BCUT2D eigenvalue weighted by Crippen LogP contribution is 2.32. The summed E-state index contributed by atoms with van der Waals surface area (Å²) in [5.41, 5.74) is 5.96. The zero-order chi connectivity index (χ0) is 39.4. The van der Waals surface area contributed by atoms with Crippen LogP contribution in [0.1, 0.15) is 48.0 Å². The Bertz CT molecular complexity index is 2850. The number of nitrogens with zero attached hydrogens (tertiary/aromatic N) is 6. The van der Waals surface area contributed by atoms with Crippen LogP contribution in [0.25, 0.3) is 39.9 Å². The second kappa shape index (κ2) is 14.1. The van der Waals surface area contributed by atoms with Gasteiger partial charge in [0.1, 0.15) is 11.6 Å². The minimum Gasteiger partial charge on any atom is -0.367 e. The molecular weight excluding hydrogens is 755 g/mol. The molecule has 6 aromatic rings. The third-order valence-corrected chi connectivity index (χ3v) is 11.6. The second-order valence-electron chi connectivity index (χ2n) is 14.2. The molecule has 3 fully saturated rings. The van der Waals surface area contributed by atoms with Crippen LogP contribution < -0.4 is 16.0 Å². The number of rotatable bonds is 10. The number of sulfone groups is 2. The Kier molecular flexibility index (Phi) is 9.28. The Morgan fingerprint density at radius 1 is 0.750 bits per heavy atom. The van der Waals surface area contributed by atoms with Gasteiger partial charge in [-0.05, 0) is 56.0 Å². The van der Waals surface area contributed by atoms with Crippen molar-refractivity contribution in [3.05, 3.63) is 102 Å². The molecule has 2 aromatic carbocycles. The molecule has 0 unspecified atom stereocenters. The number of hydrogen-bond donors (Lipinski definition) is 3. The number of anilines is 2. The van der Waals surface area contributed by atoms with Crippen molar-refractivity contribution in [2.45, 2.75) is 54.0 Å². The summed E-state index contributed by atoms with van der Waals surface area (Å²) in [5, 5.41) is 18.3. The molecule has 15 nitrogen and oxygen atoms in total. The van der Waals surface area contributed by atoms with Crippen LogP contribution in [0, 0.1) is 0 Å². The summed E-state index contributed by atoms with van der Waals surface area (Å²) in [6, 6.07) is 17.8. The van der Waals surface area contributed by atoms with Crippen molar-refractivity contribution in [2.24, 2.45) is 0 Å². The smallest absolute Gasteiger partial charge is 0.251 e. The molecule has 17 heteroatoms. The van der Waals surface area contributed by atoms with E-state index in [2.05, 4.69) is 37.7 Å². The summed E-state index contributed by atoms with van der Waals surface area (Å²) >= 11 is 0. The molecule has 1 saturated heterocycles. The Morgan fingerprint density at radius 2 is 1.23 bits per heavy atom. The molecule has 1 aliphatic heterocycles. The van der Waals surface area contributed by atoms with E-state index in [9.17, 15) is 26.4 Å². The monoisotopic (exact) mass is 791 g/mol. The Labute approximate surface area is 322 Å². The first-order chi connectivity index (χ1) is 26.7. The molecule has 0 bridgehead atoms. The maximum absolute atomic E-state index is 12.1. The molecule has 3 aliphatic rings. The standard InChI is InChI=1S/C22H21N5O3S.C17H16N4O3S/c1-13-8-15(22(28)24-13)9-16-12-23-27-20(25-17-6-7-17)11-19(26-21(16)27)14-4-3-5-18(10-14)31(2,29)30;1-25(23,24)14-4-2-3-11(7-14)15-8-16(19-13-5-6-13)21-17(20-15)12(10-22)9-18-21/h3-5,9-12,17,25H,1,6-8H2,2H3,(H,24,28);2-4,7-10,13,19H,5-6H2,1H3/b15-9+;. The Balaban J connectivity index is 0.000000161. The zero-order valence-corrected chi connectivity index (χ0v) is 32.1. The van der Waals surface area contributed by atoms with E-state index in [0.717, 1.165) is 37.3 Å². The fourth-order valence-electron chi connectivity index (χ4n) is 6.19. The molecule has 5 heterocycles. The van der Waals surface area contributed by atoms with Gasteiger partial charge >= 0.3 is 0 Å². The van der Waals surface area contributed by atoms with Crippen molar-refractivity contribution < 1.29 is 26.4 Å². The van der Waals surface area contributed by atoms with Crippen LogP contribution in [0.3, 0.4) is 0 Å². The van der Waals surface area contributed by atoms with Gasteiger partial charge in [-0.15, -0.1) is 0 Å². The van der Waals surface area contributed by atoms with Gasteiger partial charge in [-0.25, -0.2) is 26.8 Å². The summed E-state index contributed by atoms with van der Waals surface area (Å²) in [5.74, 6) is 1.34. The van der Waals surface area contributed by atoms with Crippen molar-refractivity contribution in [3.63, 3.8) is 0 Å². The van der Waals surface area contributed by atoms with E-state index >= 15 is 0 Å². The van der Waals surface area contributed by atoms with Crippen molar-refractivity contribution in [2.75, 3.05) is 23.1 Å². The van der Waals surface area contributed by atoms with Gasteiger partial charge in [0.15, 0.2) is 37.3 Å². The summed E-state index contributed by atoms with van der Waals surface area (Å²) in [6.45, 7) is 3.81. The van der Waals surface area contributed by atoms with Gasteiger partial charge in [0.2, 0.25) is 0 Å². The molecule has 2 saturated carbocycles. The maximum atomic E-state index is 12.1. The van der Waals surface area contributed by atoms with Crippen LogP contribution in [0.15, 0.2) is 101 Å². The number of aromatic nitrogens is 6. The fraction of sp³-hybridized carbons (Fsp3) is 0.231. The van der Waals surface area contributed by atoms with E-state index < -0.39 is 19.7 Å². The number of carbonyl (C=O) groups is 2. The normalized spacial score (nSPS) is 16.5. The van der Waals surface area contributed by atoms with Gasteiger partial charge in [0.05, 0.1) is 39.1 Å². The maximum Gasteiger partial charge on any atom is 0.251 e. The van der Waals surface area contributed by atoms with E-state index in [1.165, 1.54) is 18.7 Å². The first kappa shape index (κ1) is 36.8. The first-order valence-corrected chi connectivity index (χ1v) is 21.6. The minimum atomic E-state index is -3.34. The van der Waals surface area contributed by atoms with Crippen LogP contribution in [0.4, 0.5) is 11.6 Å². The summed E-state index contributed by atoms with van der Waals surface area (Å²) in [4.78, 5) is 33.2. The largest absolute Gasteiger partial charge is 0.367 e. The first-order valence-electron chi connectivity index (χ1n) is 17.8. The van der Waals surface area contributed by atoms with Crippen LogP contribution >= 0.6 is 0 Å². The SMILES string of the molecule is C=C1C/C(=C\c2cnn3c(NC4CC4)cc(-c4cccc(S(C)(=O)=O)c4)nc23)C(=O)N1.CS(=O)(=O)c1cccc(-c2cc(NC3CC3)n3ncc(C=O)c3n2)c1. The van der Waals surface area contributed by atoms with Crippen LogP contribution in [-0.2, 0) is 24.5 Å². The summed E-state index contributed by atoms with van der Waals surface area (Å²) in [7, 11) is -6.66. The number of carbonyl (C=O) groups excluding carboxylic acids is 2. The lowest BCUT2D eigenvalue weighted by molar-refractivity contribution is -0.115. The van der Waals surface area contributed by atoms with E-state index in [1.54, 1.807) is 63.8 Å². The Morgan fingerprint density at radius 3 is 1.66 bits per heavy atom. The molecule has 0 spiro atoms. The lowest BCUT2D eigenvalue weighted by Crippen LogP contribution is -2.12. The minimum absolute atomic E-state index is 0.169. The molecule has 1 amide bonds. The number of fused-ring (bicyclic) bond motifs is 2. The average molecular weight is 792 g/mol. The molecule has 2 aliphatic carbocycles. The molecule has 4 aromatic heterocycles. The van der Waals surface area contributed by atoms with Gasteiger partial charge < -0.3 is 16.0 Å². The number of benzene rings is 2. The summed E-state index contributed by atoms with van der Waals surface area (Å²) in [6.07, 6.45) is 12.8. The highest BCUT2D eigenvalue weighted by atomic mass is 32.2. The lowest BCUT2D eigenvalue weighted by Gasteiger charge is -2.11. The highest BCUT2D eigenvalue weighted by molar-refractivity contribution is 7.91. The van der Waals surface area contributed by atoms with Crippen molar-refractivity contribution in [3.8, 4) is 22.5 Å². The predicted octanol–water partition coefficient (Wildman–Crippen LogP) is 4.98. The van der Waals surface area contributed by atoms with Gasteiger partial charge in [-0.1, -0.05) is 30.8 Å². The number of allylic oxidation sites excluding steroid dienone is 1. The third-order valence-electron chi connectivity index (χ3n) is 9.42. The van der Waals surface area contributed by atoms with Crippen molar-refractivity contribution >= 4 is 60.9 Å². The van der Waals surface area contributed by atoms with Gasteiger partial charge in [-0.2, -0.15) is 19.2 Å². The van der Waals surface area contributed by atoms with E-state index in [4.69, 9.17) is 4.98 Å². The van der Waals surface area contributed by atoms with Gasteiger partial charge in [0.25, 0.3) is 5.91 Å². The molecule has 3 N–H and O–H groups in total. The van der Waals surface area contributed by atoms with Gasteiger partial charge in [-0.3, -0.25) is 9.59 Å². The zero-order valence-electron chi connectivity index (χ0n) is 30.4. The van der Waals surface area contributed by atoms with Crippen molar-refractivity contribution in [1.82, 2.24) is 34.5 Å². The predicted molar refractivity (Wildman–Crippen MR) is 212 cm³/mol. The summed E-state index contributed by atoms with van der Waals surface area (Å²) < 4.78 is 51.0. The molecular formula is C39H37N9O6S2. The number of amides is 1. The quantitative estimate of drug-likeness (QED) is 0.124. The average Bonchev–Trinajstić information content (AvgIpc) is 4.06. The van der Waals surface area contributed by atoms with Crippen LogP contribution in [-0.4, -0.2) is 82.8 Å². The van der Waals surface area contributed by atoms with Crippen LogP contribution in [0.2, 0.25) is 0 Å². The number of aldehydes is 1. The van der Waals surface area contributed by atoms with Crippen LogP contribution in [0.5, 0.6) is 0 Å². The Hall–Kier alpha value is -6.20. The molecule has 0 atom stereocenters. The van der Waals surface area contributed by atoms with Gasteiger partial charge in [0, 0.05) is 71.1 Å². The molecule has 9 rings (SSSR count). The van der Waals surface area contributed by atoms with Crippen molar-refractivity contribution in [1.29, 1.82) is 0 Å². The molecule has 56 heavy (non-hydrogen) atoms. The van der Waals surface area contributed by atoms with E-state index in [-0.39, 0.29) is 15.7 Å². The van der Waals surface area contributed by atoms with E-state index in [0.29, 0.717) is 81.0 Å². The lowest BCUT2D eigenvalue weighted by atomic mass is 10.1. The topological polar surface area (TPSA) is 199 Å². The van der Waals surface area contributed by atoms with E-state index in [1.807, 2.05) is 18.2 Å². The molecule has 0 radical (unpaired) electrons. The second-order valence-corrected chi connectivity index (χ2v) is 18.2. The number of nitrogens with one attached hydrogen (secondary N) is 3.